The molecule has 2 rings (SSSR count). The molecule has 2 aromatic rings. The number of carbonyl (C=O) groups is 1. The molecule has 112 valence electrons. The van der Waals surface area contributed by atoms with Crippen LogP contribution in [0, 0.1) is 0 Å². The van der Waals surface area contributed by atoms with E-state index < -0.39 is 16.8 Å². The number of aromatic carboxylic acids is 1. The van der Waals surface area contributed by atoms with Crippen molar-refractivity contribution < 1.29 is 14.1 Å². The van der Waals surface area contributed by atoms with Crippen molar-refractivity contribution in [1.82, 2.24) is 9.78 Å². The minimum atomic E-state index is -1.25. The monoisotopic (exact) mass is 370 g/mol. The van der Waals surface area contributed by atoms with Gasteiger partial charge in [0.25, 0.3) is 0 Å². The van der Waals surface area contributed by atoms with Crippen LogP contribution in [0.1, 0.15) is 28.7 Å². The summed E-state index contributed by atoms with van der Waals surface area (Å²) in [5, 5.41) is 13.2. The highest BCUT2D eigenvalue weighted by Crippen LogP contribution is 2.24. The minimum Gasteiger partial charge on any atom is -0.478 e. The van der Waals surface area contributed by atoms with E-state index in [2.05, 4.69) is 21.0 Å². The molecule has 1 aromatic heterocycles. The molecule has 0 saturated heterocycles. The summed E-state index contributed by atoms with van der Waals surface area (Å²) in [6.45, 7) is 2.01. The van der Waals surface area contributed by atoms with Gasteiger partial charge in [-0.2, -0.15) is 5.10 Å². The third-order valence-electron chi connectivity index (χ3n) is 3.13. The van der Waals surface area contributed by atoms with Gasteiger partial charge in [0.2, 0.25) is 0 Å². The molecule has 1 N–H and O–H groups in total. The Labute approximate surface area is 133 Å². The van der Waals surface area contributed by atoms with E-state index in [1.807, 2.05) is 14.0 Å². The average molecular weight is 371 g/mol. The standard InChI is InChI=1S/C14H15BrN2O3S/c1-3-11-13(15)12(17(2)16-11)8-21(20)10-6-4-9(5-7-10)14(18)19/h4-7H,3,8H2,1-2H3,(H,18,19). The Morgan fingerprint density at radius 3 is 2.48 bits per heavy atom. The van der Waals surface area contributed by atoms with Crippen molar-refractivity contribution in [3.8, 4) is 0 Å². The molecule has 0 fully saturated rings. The van der Waals surface area contributed by atoms with Crippen LogP contribution in [0.3, 0.4) is 0 Å². The first kappa shape index (κ1) is 15.9. The zero-order valence-electron chi connectivity index (χ0n) is 11.7. The van der Waals surface area contributed by atoms with Crippen LogP contribution in [-0.2, 0) is 30.0 Å². The molecular weight excluding hydrogens is 356 g/mol. The topological polar surface area (TPSA) is 72.2 Å². The maximum absolute atomic E-state index is 12.4. The van der Waals surface area contributed by atoms with E-state index in [1.165, 1.54) is 12.1 Å². The number of aryl methyl sites for hydroxylation is 2. The summed E-state index contributed by atoms with van der Waals surface area (Å²) in [5.41, 5.74) is 1.99. The molecule has 0 aliphatic carbocycles. The van der Waals surface area contributed by atoms with Gasteiger partial charge in [0.05, 0.1) is 38.0 Å². The van der Waals surface area contributed by atoms with Crippen LogP contribution < -0.4 is 0 Å². The number of hydrogen-bond acceptors (Lipinski definition) is 3. The van der Waals surface area contributed by atoms with Crippen molar-refractivity contribution in [1.29, 1.82) is 0 Å². The first-order valence-electron chi connectivity index (χ1n) is 6.36. The molecule has 0 radical (unpaired) electrons. The molecule has 1 atom stereocenters. The number of nitrogens with zero attached hydrogens (tertiary/aromatic N) is 2. The molecule has 0 spiro atoms. The summed E-state index contributed by atoms with van der Waals surface area (Å²) in [6, 6.07) is 6.10. The van der Waals surface area contributed by atoms with Gasteiger partial charge in [-0.15, -0.1) is 0 Å². The molecule has 1 aromatic carbocycles. The fourth-order valence-electron chi connectivity index (χ4n) is 1.93. The van der Waals surface area contributed by atoms with E-state index in [1.54, 1.807) is 16.8 Å². The van der Waals surface area contributed by atoms with Gasteiger partial charge in [-0.1, -0.05) is 6.92 Å². The SMILES string of the molecule is CCc1nn(C)c(CS(=O)c2ccc(C(=O)O)cc2)c1Br. The van der Waals surface area contributed by atoms with Gasteiger partial charge in [-0.05, 0) is 46.6 Å². The average Bonchev–Trinajstić information content (AvgIpc) is 2.74. The smallest absolute Gasteiger partial charge is 0.335 e. The molecular formula is C14H15BrN2O3S. The zero-order valence-corrected chi connectivity index (χ0v) is 14.1. The van der Waals surface area contributed by atoms with Crippen molar-refractivity contribution in [3.63, 3.8) is 0 Å². The molecule has 0 bridgehead atoms. The van der Waals surface area contributed by atoms with E-state index >= 15 is 0 Å². The second-order valence-corrected chi connectivity index (χ2v) is 6.75. The first-order chi connectivity index (χ1) is 9.93. The number of carboxylic acid groups (broad SMARTS) is 1. The second kappa shape index (κ2) is 6.53. The summed E-state index contributed by atoms with van der Waals surface area (Å²) >= 11 is 3.50. The van der Waals surface area contributed by atoms with Crippen LogP contribution >= 0.6 is 15.9 Å². The predicted molar refractivity (Wildman–Crippen MR) is 83.8 cm³/mol. The molecule has 1 unspecified atom stereocenters. The van der Waals surface area contributed by atoms with E-state index in [4.69, 9.17) is 5.11 Å². The van der Waals surface area contributed by atoms with Gasteiger partial charge in [-0.25, -0.2) is 4.79 Å². The van der Waals surface area contributed by atoms with Gasteiger partial charge in [0.15, 0.2) is 0 Å². The fraction of sp³-hybridized carbons (Fsp3) is 0.286. The lowest BCUT2D eigenvalue weighted by molar-refractivity contribution is 0.0697. The number of hydrogen-bond donors (Lipinski definition) is 1. The molecule has 0 aliphatic rings. The summed E-state index contributed by atoms with van der Waals surface area (Å²) in [4.78, 5) is 11.4. The van der Waals surface area contributed by atoms with Crippen LogP contribution in [-0.4, -0.2) is 25.1 Å². The summed E-state index contributed by atoms with van der Waals surface area (Å²) < 4.78 is 15.0. The van der Waals surface area contributed by atoms with Crippen molar-refractivity contribution in [2.75, 3.05) is 0 Å². The molecule has 7 heteroatoms. The predicted octanol–water partition coefficient (Wildman–Crippen LogP) is 2.75. The Morgan fingerprint density at radius 2 is 2.00 bits per heavy atom. The van der Waals surface area contributed by atoms with Crippen molar-refractivity contribution >= 4 is 32.7 Å². The van der Waals surface area contributed by atoms with Gasteiger partial charge in [0, 0.05) is 11.9 Å². The largest absolute Gasteiger partial charge is 0.478 e. The third kappa shape index (κ3) is 3.41. The molecule has 0 amide bonds. The van der Waals surface area contributed by atoms with Crippen LogP contribution in [0.5, 0.6) is 0 Å². The highest BCUT2D eigenvalue weighted by molar-refractivity contribution is 9.10. The van der Waals surface area contributed by atoms with Crippen molar-refractivity contribution in [3.05, 3.63) is 45.7 Å². The van der Waals surface area contributed by atoms with E-state index in [0.29, 0.717) is 10.6 Å². The molecule has 0 saturated carbocycles. The highest BCUT2D eigenvalue weighted by atomic mass is 79.9. The molecule has 1 heterocycles. The van der Waals surface area contributed by atoms with Gasteiger partial charge < -0.3 is 5.11 Å². The lowest BCUT2D eigenvalue weighted by Crippen LogP contribution is -2.04. The Bertz CT molecular complexity index is 695. The van der Waals surface area contributed by atoms with E-state index in [9.17, 15) is 9.00 Å². The number of benzene rings is 1. The van der Waals surface area contributed by atoms with Crippen LogP contribution in [0.25, 0.3) is 0 Å². The third-order valence-corrected chi connectivity index (χ3v) is 5.38. The fourth-order valence-corrected chi connectivity index (χ4v) is 4.06. The van der Waals surface area contributed by atoms with Gasteiger partial charge in [-0.3, -0.25) is 8.89 Å². The van der Waals surface area contributed by atoms with Gasteiger partial charge in [0.1, 0.15) is 0 Å². The minimum absolute atomic E-state index is 0.186. The Kier molecular flexibility index (Phi) is 4.95. The van der Waals surface area contributed by atoms with E-state index in [-0.39, 0.29) is 5.56 Å². The molecule has 5 nitrogen and oxygen atoms in total. The first-order valence-corrected chi connectivity index (χ1v) is 8.47. The quantitative estimate of drug-likeness (QED) is 0.877. The maximum atomic E-state index is 12.4. The Hall–Kier alpha value is -1.47. The lowest BCUT2D eigenvalue weighted by atomic mass is 10.2. The number of aromatic nitrogens is 2. The van der Waals surface area contributed by atoms with E-state index in [0.717, 1.165) is 22.3 Å². The highest BCUT2D eigenvalue weighted by Gasteiger charge is 2.16. The normalized spacial score (nSPS) is 12.3. The summed E-state index contributed by atoms with van der Waals surface area (Å²) in [5.74, 6) is -0.662. The van der Waals surface area contributed by atoms with Crippen LogP contribution in [0.2, 0.25) is 0 Å². The Balaban J connectivity index is 2.22. The number of halogens is 1. The van der Waals surface area contributed by atoms with Crippen LogP contribution in [0.4, 0.5) is 0 Å². The van der Waals surface area contributed by atoms with Crippen LogP contribution in [0.15, 0.2) is 33.6 Å². The number of rotatable bonds is 5. The lowest BCUT2D eigenvalue weighted by Gasteiger charge is -2.04. The van der Waals surface area contributed by atoms with Crippen molar-refractivity contribution in [2.45, 2.75) is 24.0 Å². The van der Waals surface area contributed by atoms with Gasteiger partial charge >= 0.3 is 5.97 Å². The number of carboxylic acids is 1. The Morgan fingerprint density at radius 1 is 1.38 bits per heavy atom. The molecule has 21 heavy (non-hydrogen) atoms. The van der Waals surface area contributed by atoms with Crippen molar-refractivity contribution in [2.24, 2.45) is 7.05 Å². The zero-order chi connectivity index (χ0) is 15.6. The maximum Gasteiger partial charge on any atom is 0.335 e. The summed E-state index contributed by atoms with van der Waals surface area (Å²) in [7, 11) is 0.575. The summed E-state index contributed by atoms with van der Waals surface area (Å²) in [6.07, 6.45) is 0.800. The molecule has 0 aliphatic heterocycles. The second-order valence-electron chi connectivity index (χ2n) is 4.50.